The second-order valence-corrected chi connectivity index (χ2v) is 6.03. The third kappa shape index (κ3) is 2.83. The molecule has 2 heterocycles. The normalized spacial score (nSPS) is 11.0. The van der Waals surface area contributed by atoms with Gasteiger partial charge in [0.1, 0.15) is 12.1 Å². The summed E-state index contributed by atoms with van der Waals surface area (Å²) in [5, 5.41) is 8.13. The van der Waals surface area contributed by atoms with Gasteiger partial charge < -0.3 is 4.74 Å². The van der Waals surface area contributed by atoms with Gasteiger partial charge in [-0.25, -0.2) is 4.98 Å². The Morgan fingerprint density at radius 3 is 2.46 bits per heavy atom. The van der Waals surface area contributed by atoms with Crippen molar-refractivity contribution in [3.05, 3.63) is 76.3 Å². The highest BCUT2D eigenvalue weighted by atomic mass is 16.5. The van der Waals surface area contributed by atoms with E-state index in [0.717, 1.165) is 17.0 Å². The zero-order valence-electron chi connectivity index (χ0n) is 14.5. The highest BCUT2D eigenvalue weighted by molar-refractivity contribution is 5.70. The van der Waals surface area contributed by atoms with Crippen LogP contribution in [0.25, 0.3) is 16.9 Å². The van der Waals surface area contributed by atoms with E-state index in [0.29, 0.717) is 12.2 Å². The molecule has 7 nitrogen and oxygen atoms in total. The van der Waals surface area contributed by atoms with Crippen molar-refractivity contribution in [3.8, 4) is 11.4 Å². The molecule has 0 aliphatic heterocycles. The SMILES string of the molecule is COc1ccc(-n2nnc3c(=O)n(Cc4ccc(C)cc4)cnc32)cc1. The minimum absolute atomic E-state index is 0.213. The summed E-state index contributed by atoms with van der Waals surface area (Å²) in [6.07, 6.45) is 1.54. The number of fused-ring (bicyclic) bond motifs is 1. The largest absolute Gasteiger partial charge is 0.497 e. The Hall–Kier alpha value is -3.48. The van der Waals surface area contributed by atoms with Gasteiger partial charge in [-0.3, -0.25) is 9.36 Å². The molecule has 4 rings (SSSR count). The smallest absolute Gasteiger partial charge is 0.283 e. The summed E-state index contributed by atoms with van der Waals surface area (Å²) in [5.41, 5.74) is 3.43. The van der Waals surface area contributed by atoms with Crippen LogP contribution in [0.5, 0.6) is 5.75 Å². The average molecular weight is 347 g/mol. The summed E-state index contributed by atoms with van der Waals surface area (Å²) < 4.78 is 8.25. The van der Waals surface area contributed by atoms with Gasteiger partial charge in [0.15, 0.2) is 11.2 Å². The summed E-state index contributed by atoms with van der Waals surface area (Å²) in [7, 11) is 1.61. The van der Waals surface area contributed by atoms with Gasteiger partial charge in [-0.1, -0.05) is 35.0 Å². The topological polar surface area (TPSA) is 74.8 Å². The molecule has 0 N–H and O–H groups in total. The second-order valence-electron chi connectivity index (χ2n) is 6.03. The van der Waals surface area contributed by atoms with Crippen molar-refractivity contribution in [2.75, 3.05) is 7.11 Å². The van der Waals surface area contributed by atoms with Crippen LogP contribution >= 0.6 is 0 Å². The van der Waals surface area contributed by atoms with Crippen molar-refractivity contribution in [1.82, 2.24) is 24.5 Å². The van der Waals surface area contributed by atoms with Crippen LogP contribution in [0.15, 0.2) is 59.7 Å². The molecule has 0 radical (unpaired) electrons. The highest BCUT2D eigenvalue weighted by Gasteiger charge is 2.13. The van der Waals surface area contributed by atoms with E-state index in [1.165, 1.54) is 11.9 Å². The maximum absolute atomic E-state index is 12.7. The molecule has 2 aromatic heterocycles. The van der Waals surface area contributed by atoms with E-state index in [2.05, 4.69) is 15.3 Å². The zero-order chi connectivity index (χ0) is 18.1. The molecule has 0 aliphatic rings. The lowest BCUT2D eigenvalue weighted by Gasteiger charge is -2.06. The van der Waals surface area contributed by atoms with Crippen LogP contribution in [-0.4, -0.2) is 31.7 Å². The lowest BCUT2D eigenvalue weighted by atomic mass is 10.1. The van der Waals surface area contributed by atoms with Crippen LogP contribution in [0.4, 0.5) is 0 Å². The van der Waals surface area contributed by atoms with Crippen molar-refractivity contribution in [2.45, 2.75) is 13.5 Å². The van der Waals surface area contributed by atoms with Gasteiger partial charge in [0.05, 0.1) is 19.3 Å². The number of hydrogen-bond donors (Lipinski definition) is 0. The van der Waals surface area contributed by atoms with Crippen LogP contribution in [0.3, 0.4) is 0 Å². The van der Waals surface area contributed by atoms with Crippen molar-refractivity contribution in [3.63, 3.8) is 0 Å². The van der Waals surface area contributed by atoms with Crippen LogP contribution in [-0.2, 0) is 6.54 Å². The van der Waals surface area contributed by atoms with Crippen molar-refractivity contribution in [1.29, 1.82) is 0 Å². The minimum Gasteiger partial charge on any atom is -0.497 e. The molecule has 0 saturated heterocycles. The summed E-state index contributed by atoms with van der Waals surface area (Å²) in [6, 6.07) is 15.4. The van der Waals surface area contributed by atoms with Gasteiger partial charge in [0, 0.05) is 0 Å². The third-order valence-electron chi connectivity index (χ3n) is 4.22. The number of methoxy groups -OCH3 is 1. The third-order valence-corrected chi connectivity index (χ3v) is 4.22. The number of hydrogen-bond acceptors (Lipinski definition) is 5. The summed E-state index contributed by atoms with van der Waals surface area (Å²) in [4.78, 5) is 17.1. The van der Waals surface area contributed by atoms with E-state index >= 15 is 0 Å². The molecular weight excluding hydrogens is 330 g/mol. The predicted octanol–water partition coefficient (Wildman–Crippen LogP) is 2.34. The summed E-state index contributed by atoms with van der Waals surface area (Å²) >= 11 is 0. The molecule has 0 atom stereocenters. The van der Waals surface area contributed by atoms with Crippen LogP contribution in [0.1, 0.15) is 11.1 Å². The number of aryl methyl sites for hydroxylation is 1. The Balaban J connectivity index is 1.72. The quantitative estimate of drug-likeness (QED) is 0.566. The molecular formula is C19H17N5O2. The molecule has 7 heteroatoms. The predicted molar refractivity (Wildman–Crippen MR) is 97.8 cm³/mol. The molecule has 0 saturated carbocycles. The fourth-order valence-corrected chi connectivity index (χ4v) is 2.74. The van der Waals surface area contributed by atoms with Crippen molar-refractivity contribution >= 4 is 11.2 Å². The van der Waals surface area contributed by atoms with E-state index in [9.17, 15) is 4.79 Å². The van der Waals surface area contributed by atoms with Gasteiger partial charge in [-0.05, 0) is 36.8 Å². The monoisotopic (exact) mass is 347 g/mol. The molecule has 0 bridgehead atoms. The highest BCUT2D eigenvalue weighted by Crippen LogP contribution is 2.16. The Bertz CT molecular complexity index is 1110. The Labute approximate surface area is 149 Å². The lowest BCUT2D eigenvalue weighted by molar-refractivity contribution is 0.414. The van der Waals surface area contributed by atoms with E-state index in [-0.39, 0.29) is 11.1 Å². The fraction of sp³-hybridized carbons (Fsp3) is 0.158. The van der Waals surface area contributed by atoms with E-state index < -0.39 is 0 Å². The molecule has 4 aromatic rings. The fourth-order valence-electron chi connectivity index (χ4n) is 2.74. The average Bonchev–Trinajstić information content (AvgIpc) is 3.11. The van der Waals surface area contributed by atoms with Gasteiger partial charge in [0.25, 0.3) is 5.56 Å². The Kier molecular flexibility index (Phi) is 3.96. The Morgan fingerprint density at radius 2 is 1.77 bits per heavy atom. The van der Waals surface area contributed by atoms with E-state index in [1.54, 1.807) is 16.4 Å². The van der Waals surface area contributed by atoms with Crippen molar-refractivity contribution in [2.24, 2.45) is 0 Å². The second kappa shape index (κ2) is 6.44. The van der Waals surface area contributed by atoms with Gasteiger partial charge in [-0.2, -0.15) is 4.68 Å². The molecule has 26 heavy (non-hydrogen) atoms. The molecule has 2 aromatic carbocycles. The minimum atomic E-state index is -0.213. The molecule has 0 fully saturated rings. The number of rotatable bonds is 4. The van der Waals surface area contributed by atoms with Gasteiger partial charge in [0.2, 0.25) is 0 Å². The number of benzene rings is 2. The Morgan fingerprint density at radius 1 is 1.04 bits per heavy atom. The number of aromatic nitrogens is 5. The maximum Gasteiger partial charge on any atom is 0.283 e. The van der Waals surface area contributed by atoms with Gasteiger partial charge in [-0.15, -0.1) is 5.10 Å². The zero-order valence-corrected chi connectivity index (χ0v) is 14.5. The van der Waals surface area contributed by atoms with Crippen LogP contribution in [0.2, 0.25) is 0 Å². The molecule has 130 valence electrons. The maximum atomic E-state index is 12.7. The number of ether oxygens (including phenoxy) is 1. The summed E-state index contributed by atoms with van der Waals surface area (Å²) in [5.74, 6) is 0.742. The standard InChI is InChI=1S/C19H17N5O2/c1-13-3-5-14(6-4-13)11-23-12-20-18-17(19(23)25)21-22-24(18)15-7-9-16(26-2)10-8-15/h3-10,12H,11H2,1-2H3. The first-order valence-electron chi connectivity index (χ1n) is 8.16. The molecule has 0 unspecified atom stereocenters. The van der Waals surface area contributed by atoms with Crippen LogP contribution in [0, 0.1) is 6.92 Å². The number of nitrogens with zero attached hydrogens (tertiary/aromatic N) is 5. The molecule has 0 spiro atoms. The van der Waals surface area contributed by atoms with E-state index in [4.69, 9.17) is 4.74 Å². The van der Waals surface area contributed by atoms with Gasteiger partial charge >= 0.3 is 0 Å². The molecule has 0 aliphatic carbocycles. The van der Waals surface area contributed by atoms with Crippen LogP contribution < -0.4 is 10.3 Å². The summed E-state index contributed by atoms with van der Waals surface area (Å²) in [6.45, 7) is 2.47. The molecule has 0 amide bonds. The first kappa shape index (κ1) is 16.0. The van der Waals surface area contributed by atoms with E-state index in [1.807, 2.05) is 55.5 Å². The first-order valence-corrected chi connectivity index (χ1v) is 8.16. The lowest BCUT2D eigenvalue weighted by Crippen LogP contribution is -2.21. The first-order chi connectivity index (χ1) is 12.7. The van der Waals surface area contributed by atoms with Crippen molar-refractivity contribution < 1.29 is 4.74 Å².